The zero-order valence-electron chi connectivity index (χ0n) is 8.76. The zero-order chi connectivity index (χ0) is 9.94. The van der Waals surface area contributed by atoms with E-state index in [0.717, 1.165) is 32.4 Å². The normalized spacial score (nSPS) is 13.2. The molecule has 1 atom stereocenters. The van der Waals surface area contributed by atoms with Gasteiger partial charge in [-0.3, -0.25) is 0 Å². The molecule has 0 unspecified atom stereocenters. The maximum Gasteiger partial charge on any atom is 0.0584 e. The molecular weight excluding hydrogens is 164 g/mol. The maximum atomic E-state index is 9.03. The Morgan fingerprint density at radius 3 is 2.62 bits per heavy atom. The van der Waals surface area contributed by atoms with Crippen molar-refractivity contribution in [2.45, 2.75) is 45.1 Å². The fourth-order valence-electron chi connectivity index (χ4n) is 1.28. The minimum Gasteiger partial charge on any atom is -0.395 e. The van der Waals surface area contributed by atoms with Gasteiger partial charge in [0, 0.05) is 6.04 Å². The highest BCUT2D eigenvalue weighted by Crippen LogP contribution is 1.99. The Hall–Kier alpha value is -0.120. The average molecular weight is 188 g/mol. The molecule has 0 radical (unpaired) electrons. The van der Waals surface area contributed by atoms with Crippen LogP contribution in [0, 0.1) is 0 Å². The number of hydrogen-bond donors (Lipinski definition) is 3. The molecule has 13 heavy (non-hydrogen) atoms. The lowest BCUT2D eigenvalue weighted by Gasteiger charge is -2.15. The van der Waals surface area contributed by atoms with Gasteiger partial charge in [0.15, 0.2) is 0 Å². The van der Waals surface area contributed by atoms with Crippen molar-refractivity contribution in [1.82, 2.24) is 5.32 Å². The molecule has 0 aliphatic carbocycles. The first-order valence-electron chi connectivity index (χ1n) is 5.39. The number of aliphatic hydroxyl groups excluding tert-OH is 1. The second kappa shape index (κ2) is 9.96. The first kappa shape index (κ1) is 12.9. The van der Waals surface area contributed by atoms with Gasteiger partial charge in [-0.25, -0.2) is 0 Å². The van der Waals surface area contributed by atoms with E-state index in [-0.39, 0.29) is 12.6 Å². The average Bonchev–Trinajstić information content (AvgIpc) is 2.16. The molecule has 0 amide bonds. The quantitative estimate of drug-likeness (QED) is 0.470. The van der Waals surface area contributed by atoms with Crippen LogP contribution in [0.15, 0.2) is 0 Å². The number of rotatable bonds is 9. The largest absolute Gasteiger partial charge is 0.395 e. The summed E-state index contributed by atoms with van der Waals surface area (Å²) in [7, 11) is 0. The minimum absolute atomic E-state index is 0.244. The summed E-state index contributed by atoms with van der Waals surface area (Å²) in [6, 6.07) is 0.276. The molecule has 0 aliphatic heterocycles. The van der Waals surface area contributed by atoms with Gasteiger partial charge in [-0.15, -0.1) is 0 Å². The molecule has 0 heterocycles. The monoisotopic (exact) mass is 188 g/mol. The molecule has 0 spiro atoms. The van der Waals surface area contributed by atoms with E-state index in [9.17, 15) is 0 Å². The predicted octanol–water partition coefficient (Wildman–Crippen LogP) is 0.866. The molecule has 0 aromatic carbocycles. The smallest absolute Gasteiger partial charge is 0.0584 e. The third kappa shape index (κ3) is 8.22. The van der Waals surface area contributed by atoms with Crippen LogP contribution in [0.3, 0.4) is 0 Å². The number of hydrogen-bond acceptors (Lipinski definition) is 3. The van der Waals surface area contributed by atoms with Crippen molar-refractivity contribution < 1.29 is 5.11 Å². The first-order valence-corrected chi connectivity index (χ1v) is 5.39. The van der Waals surface area contributed by atoms with Gasteiger partial charge in [0.2, 0.25) is 0 Å². The van der Waals surface area contributed by atoms with Crippen molar-refractivity contribution in [2.24, 2.45) is 5.73 Å². The summed E-state index contributed by atoms with van der Waals surface area (Å²) < 4.78 is 0. The standard InChI is InChI=1S/C10H24N2O/c1-2-3-8-12-10(9-13)6-4-5-7-11/h10,12-13H,2-9,11H2,1H3/t10-/m0/s1. The van der Waals surface area contributed by atoms with Gasteiger partial charge in [-0.2, -0.15) is 0 Å². The predicted molar refractivity (Wildman–Crippen MR) is 56.7 cm³/mol. The van der Waals surface area contributed by atoms with Gasteiger partial charge in [-0.05, 0) is 32.4 Å². The second-order valence-corrected chi connectivity index (χ2v) is 3.47. The summed E-state index contributed by atoms with van der Waals surface area (Å²) in [5.74, 6) is 0. The maximum absolute atomic E-state index is 9.03. The van der Waals surface area contributed by atoms with Gasteiger partial charge in [0.25, 0.3) is 0 Å². The topological polar surface area (TPSA) is 58.3 Å². The lowest BCUT2D eigenvalue weighted by molar-refractivity contribution is 0.233. The van der Waals surface area contributed by atoms with E-state index in [0.29, 0.717) is 0 Å². The van der Waals surface area contributed by atoms with Crippen LogP contribution in [0.2, 0.25) is 0 Å². The van der Waals surface area contributed by atoms with Gasteiger partial charge in [0.1, 0.15) is 0 Å². The van der Waals surface area contributed by atoms with Gasteiger partial charge in [0.05, 0.1) is 6.61 Å². The van der Waals surface area contributed by atoms with Gasteiger partial charge < -0.3 is 16.2 Å². The van der Waals surface area contributed by atoms with Crippen LogP contribution in [0.4, 0.5) is 0 Å². The molecule has 3 heteroatoms. The van der Waals surface area contributed by atoms with E-state index in [1.807, 2.05) is 0 Å². The van der Waals surface area contributed by atoms with Crippen molar-refractivity contribution in [2.75, 3.05) is 19.7 Å². The van der Waals surface area contributed by atoms with E-state index in [4.69, 9.17) is 10.8 Å². The van der Waals surface area contributed by atoms with Crippen molar-refractivity contribution >= 4 is 0 Å². The molecule has 0 saturated carbocycles. The Bertz CT molecular complexity index is 88.9. The Balaban J connectivity index is 3.28. The fourth-order valence-corrected chi connectivity index (χ4v) is 1.28. The lowest BCUT2D eigenvalue weighted by atomic mass is 10.1. The lowest BCUT2D eigenvalue weighted by Crippen LogP contribution is -2.33. The molecule has 0 aliphatic rings. The molecule has 0 rings (SSSR count). The number of aliphatic hydroxyl groups is 1. The minimum atomic E-state index is 0.244. The molecule has 4 N–H and O–H groups in total. The molecule has 0 fully saturated rings. The first-order chi connectivity index (χ1) is 6.35. The Morgan fingerprint density at radius 2 is 2.08 bits per heavy atom. The number of nitrogens with one attached hydrogen (secondary N) is 1. The van der Waals surface area contributed by atoms with E-state index in [1.165, 1.54) is 12.8 Å². The van der Waals surface area contributed by atoms with Crippen LogP contribution < -0.4 is 11.1 Å². The Morgan fingerprint density at radius 1 is 1.31 bits per heavy atom. The van der Waals surface area contributed by atoms with Crippen LogP contribution >= 0.6 is 0 Å². The van der Waals surface area contributed by atoms with Crippen molar-refractivity contribution in [3.63, 3.8) is 0 Å². The third-order valence-corrected chi connectivity index (χ3v) is 2.19. The molecule has 3 nitrogen and oxygen atoms in total. The highest BCUT2D eigenvalue weighted by Gasteiger charge is 2.04. The zero-order valence-corrected chi connectivity index (χ0v) is 8.76. The number of unbranched alkanes of at least 4 members (excludes halogenated alkanes) is 2. The fraction of sp³-hybridized carbons (Fsp3) is 1.00. The molecule has 0 aromatic rings. The summed E-state index contributed by atoms with van der Waals surface area (Å²) in [5, 5.41) is 12.4. The van der Waals surface area contributed by atoms with E-state index in [1.54, 1.807) is 0 Å². The van der Waals surface area contributed by atoms with Crippen molar-refractivity contribution in [3.8, 4) is 0 Å². The Kier molecular flexibility index (Phi) is 9.87. The van der Waals surface area contributed by atoms with Gasteiger partial charge in [-0.1, -0.05) is 19.8 Å². The van der Waals surface area contributed by atoms with Crippen molar-refractivity contribution in [3.05, 3.63) is 0 Å². The summed E-state index contributed by atoms with van der Waals surface area (Å²) in [5.41, 5.74) is 5.39. The van der Waals surface area contributed by atoms with Crippen LogP contribution in [-0.2, 0) is 0 Å². The molecular formula is C10H24N2O. The van der Waals surface area contributed by atoms with E-state index in [2.05, 4.69) is 12.2 Å². The van der Waals surface area contributed by atoms with Crippen LogP contribution in [-0.4, -0.2) is 30.8 Å². The van der Waals surface area contributed by atoms with Crippen LogP contribution in [0.25, 0.3) is 0 Å². The Labute approximate surface area is 81.7 Å². The molecule has 0 aromatic heterocycles. The summed E-state index contributed by atoms with van der Waals surface area (Å²) in [6.45, 7) is 4.19. The highest BCUT2D eigenvalue weighted by atomic mass is 16.3. The van der Waals surface area contributed by atoms with E-state index >= 15 is 0 Å². The van der Waals surface area contributed by atoms with Crippen LogP contribution in [0.5, 0.6) is 0 Å². The summed E-state index contributed by atoms with van der Waals surface area (Å²) >= 11 is 0. The molecule has 0 saturated heterocycles. The SMILES string of the molecule is CCCCN[C@H](CO)CCCCN. The highest BCUT2D eigenvalue weighted by molar-refractivity contribution is 4.65. The number of nitrogens with two attached hydrogens (primary N) is 1. The third-order valence-electron chi connectivity index (χ3n) is 2.19. The summed E-state index contributed by atoms with van der Waals surface area (Å²) in [4.78, 5) is 0. The molecule has 80 valence electrons. The van der Waals surface area contributed by atoms with Crippen molar-refractivity contribution in [1.29, 1.82) is 0 Å². The second-order valence-electron chi connectivity index (χ2n) is 3.47. The van der Waals surface area contributed by atoms with E-state index < -0.39 is 0 Å². The summed E-state index contributed by atoms with van der Waals surface area (Å²) in [6.07, 6.45) is 5.60. The van der Waals surface area contributed by atoms with Gasteiger partial charge >= 0.3 is 0 Å². The molecule has 0 bridgehead atoms. The van der Waals surface area contributed by atoms with Crippen LogP contribution in [0.1, 0.15) is 39.0 Å².